The third-order valence-corrected chi connectivity index (χ3v) is 7.99. The number of Topliss-reactive ketones (excluding diaryl/α,β-unsaturated/α-hetero) is 1. The SMILES string of the molecule is COc1ccc(/C=C2\NC(=S)C(c3ccccc3)C2=O)cc1CSc1nc2ccccc2s1. The second kappa shape index (κ2) is 9.47. The summed E-state index contributed by atoms with van der Waals surface area (Å²) >= 11 is 8.85. The topological polar surface area (TPSA) is 51.2 Å². The summed E-state index contributed by atoms with van der Waals surface area (Å²) in [5, 5.41) is 3.12. The molecule has 0 spiro atoms. The minimum Gasteiger partial charge on any atom is -0.496 e. The maximum Gasteiger partial charge on any atom is 0.193 e. The number of methoxy groups -OCH3 is 1. The minimum atomic E-state index is -0.431. The monoisotopic (exact) mass is 488 g/mol. The minimum absolute atomic E-state index is 0.00702. The Balaban J connectivity index is 1.38. The molecule has 164 valence electrons. The Hall–Kier alpha value is -3.00. The molecule has 1 aliphatic heterocycles. The first-order valence-corrected chi connectivity index (χ1v) is 12.6. The number of ether oxygens (including phenoxy) is 1. The Morgan fingerprint density at radius 1 is 1.12 bits per heavy atom. The summed E-state index contributed by atoms with van der Waals surface area (Å²) < 4.78 is 7.78. The molecule has 7 heteroatoms. The lowest BCUT2D eigenvalue weighted by molar-refractivity contribution is -0.115. The predicted molar refractivity (Wildman–Crippen MR) is 140 cm³/mol. The lowest BCUT2D eigenvalue weighted by Gasteiger charge is -2.09. The lowest BCUT2D eigenvalue weighted by Crippen LogP contribution is -2.15. The number of fused-ring (bicyclic) bond motifs is 1. The Morgan fingerprint density at radius 3 is 2.70 bits per heavy atom. The Labute approximate surface area is 205 Å². The first kappa shape index (κ1) is 21.8. The molecular weight excluding hydrogens is 468 g/mol. The maximum absolute atomic E-state index is 13.1. The van der Waals surface area contributed by atoms with Gasteiger partial charge in [-0.1, -0.05) is 72.5 Å². The highest BCUT2D eigenvalue weighted by atomic mass is 32.2. The van der Waals surface area contributed by atoms with E-state index in [1.807, 2.05) is 66.7 Å². The normalized spacial score (nSPS) is 17.0. The number of thioether (sulfide) groups is 1. The summed E-state index contributed by atoms with van der Waals surface area (Å²) in [5.74, 6) is 1.09. The Kier molecular flexibility index (Phi) is 6.26. The fourth-order valence-electron chi connectivity index (χ4n) is 3.82. The van der Waals surface area contributed by atoms with E-state index in [-0.39, 0.29) is 5.78 Å². The first-order valence-electron chi connectivity index (χ1n) is 10.4. The Morgan fingerprint density at radius 2 is 1.91 bits per heavy atom. The van der Waals surface area contributed by atoms with Crippen LogP contribution in [0.5, 0.6) is 5.75 Å². The van der Waals surface area contributed by atoms with E-state index in [9.17, 15) is 4.79 Å². The lowest BCUT2D eigenvalue weighted by atomic mass is 9.96. The van der Waals surface area contributed by atoms with E-state index in [4.69, 9.17) is 21.9 Å². The molecule has 1 aliphatic rings. The molecular formula is C26H20N2O2S3. The zero-order valence-electron chi connectivity index (χ0n) is 17.8. The quantitative estimate of drug-likeness (QED) is 0.197. The second-order valence-corrected chi connectivity index (χ2v) is 10.3. The van der Waals surface area contributed by atoms with Crippen molar-refractivity contribution in [2.45, 2.75) is 16.0 Å². The summed E-state index contributed by atoms with van der Waals surface area (Å²) in [7, 11) is 1.67. The fraction of sp³-hybridized carbons (Fsp3) is 0.115. The second-order valence-electron chi connectivity index (χ2n) is 7.56. The van der Waals surface area contributed by atoms with Crippen molar-refractivity contribution in [1.29, 1.82) is 0 Å². The average Bonchev–Trinajstić information content (AvgIpc) is 3.38. The highest BCUT2D eigenvalue weighted by molar-refractivity contribution is 8.00. The van der Waals surface area contributed by atoms with E-state index >= 15 is 0 Å². The summed E-state index contributed by atoms with van der Waals surface area (Å²) in [6.07, 6.45) is 1.86. The third kappa shape index (κ3) is 4.57. The van der Waals surface area contributed by atoms with E-state index in [1.54, 1.807) is 30.2 Å². The zero-order valence-corrected chi connectivity index (χ0v) is 20.2. The van der Waals surface area contributed by atoms with E-state index in [0.717, 1.165) is 32.3 Å². The van der Waals surface area contributed by atoms with Crippen LogP contribution in [-0.4, -0.2) is 22.9 Å². The summed E-state index contributed by atoms with van der Waals surface area (Å²) in [6.45, 7) is 0. The van der Waals surface area contributed by atoms with Crippen LogP contribution in [0, 0.1) is 0 Å². The molecule has 0 amide bonds. The van der Waals surface area contributed by atoms with Gasteiger partial charge in [0.1, 0.15) is 5.75 Å². The summed E-state index contributed by atoms with van der Waals surface area (Å²) in [5.41, 5.74) is 4.41. The molecule has 0 aliphatic carbocycles. The molecule has 0 radical (unpaired) electrons. The van der Waals surface area contributed by atoms with E-state index in [1.165, 1.54) is 4.70 Å². The summed E-state index contributed by atoms with van der Waals surface area (Å²) in [4.78, 5) is 18.3. The molecule has 1 atom stereocenters. The molecule has 2 heterocycles. The average molecular weight is 489 g/mol. The van der Waals surface area contributed by atoms with E-state index in [2.05, 4.69) is 17.4 Å². The number of nitrogens with zero attached hydrogens (tertiary/aromatic N) is 1. The van der Waals surface area contributed by atoms with Crippen LogP contribution in [0.3, 0.4) is 0 Å². The van der Waals surface area contributed by atoms with Crippen molar-refractivity contribution >= 4 is 62.4 Å². The number of ketones is 1. The number of thiazole rings is 1. The fourth-order valence-corrected chi connectivity index (χ4v) is 6.22. The molecule has 3 aromatic carbocycles. The molecule has 1 fully saturated rings. The molecule has 1 aromatic heterocycles. The number of rotatable bonds is 6. The van der Waals surface area contributed by atoms with Gasteiger partial charge < -0.3 is 10.1 Å². The van der Waals surface area contributed by atoms with Crippen LogP contribution < -0.4 is 10.1 Å². The van der Waals surface area contributed by atoms with Gasteiger partial charge in [-0.3, -0.25) is 4.79 Å². The summed E-state index contributed by atoms with van der Waals surface area (Å²) in [6, 6.07) is 23.7. The number of allylic oxidation sites excluding steroid dienone is 1. The van der Waals surface area contributed by atoms with Crippen LogP contribution >= 0.6 is 35.3 Å². The number of para-hydroxylation sites is 1. The Bertz CT molecular complexity index is 1350. The molecule has 0 saturated carbocycles. The van der Waals surface area contributed by atoms with Gasteiger partial charge in [0.05, 0.1) is 33.9 Å². The number of carbonyl (C=O) groups excluding carboxylic acids is 1. The van der Waals surface area contributed by atoms with Gasteiger partial charge >= 0.3 is 0 Å². The molecule has 0 bridgehead atoms. The molecule has 4 nitrogen and oxygen atoms in total. The third-order valence-electron chi connectivity index (χ3n) is 5.42. The molecule has 1 N–H and O–H groups in total. The predicted octanol–water partition coefficient (Wildman–Crippen LogP) is 6.22. The van der Waals surface area contributed by atoms with Crippen LogP contribution in [-0.2, 0) is 10.5 Å². The van der Waals surface area contributed by atoms with Gasteiger partial charge in [-0.2, -0.15) is 0 Å². The van der Waals surface area contributed by atoms with Crippen LogP contribution in [0.2, 0.25) is 0 Å². The van der Waals surface area contributed by atoms with Crippen molar-refractivity contribution in [3.8, 4) is 5.75 Å². The first-order chi connectivity index (χ1) is 16.1. The van der Waals surface area contributed by atoms with Gasteiger partial charge in [0.2, 0.25) is 0 Å². The number of carbonyl (C=O) groups is 1. The van der Waals surface area contributed by atoms with Crippen molar-refractivity contribution in [2.75, 3.05) is 7.11 Å². The smallest absolute Gasteiger partial charge is 0.193 e. The number of benzene rings is 3. The van der Waals surface area contributed by atoms with Crippen molar-refractivity contribution in [3.05, 3.63) is 95.2 Å². The largest absolute Gasteiger partial charge is 0.496 e. The molecule has 5 rings (SSSR count). The number of hydrogen-bond acceptors (Lipinski definition) is 6. The molecule has 33 heavy (non-hydrogen) atoms. The van der Waals surface area contributed by atoms with E-state index in [0.29, 0.717) is 16.4 Å². The number of thiocarbonyl (C=S) groups is 1. The number of hydrogen-bond donors (Lipinski definition) is 1. The van der Waals surface area contributed by atoms with Crippen molar-refractivity contribution in [3.63, 3.8) is 0 Å². The highest BCUT2D eigenvalue weighted by Gasteiger charge is 2.35. The maximum atomic E-state index is 13.1. The van der Waals surface area contributed by atoms with Crippen LogP contribution in [0.1, 0.15) is 22.6 Å². The zero-order chi connectivity index (χ0) is 22.8. The molecule has 1 unspecified atom stereocenters. The number of nitrogens with one attached hydrogen (secondary N) is 1. The van der Waals surface area contributed by atoms with Crippen molar-refractivity contribution < 1.29 is 9.53 Å². The van der Waals surface area contributed by atoms with Gasteiger partial charge in [0.15, 0.2) is 10.1 Å². The van der Waals surface area contributed by atoms with Crippen molar-refractivity contribution in [2.24, 2.45) is 0 Å². The highest BCUT2D eigenvalue weighted by Crippen LogP contribution is 2.34. The van der Waals surface area contributed by atoms with Gasteiger partial charge in [-0.15, -0.1) is 11.3 Å². The van der Waals surface area contributed by atoms with Gasteiger partial charge in [0.25, 0.3) is 0 Å². The van der Waals surface area contributed by atoms with Crippen LogP contribution in [0.25, 0.3) is 16.3 Å². The molecule has 1 saturated heterocycles. The van der Waals surface area contributed by atoms with Gasteiger partial charge in [-0.25, -0.2) is 4.98 Å². The van der Waals surface area contributed by atoms with Crippen molar-refractivity contribution in [1.82, 2.24) is 10.3 Å². The number of aromatic nitrogens is 1. The standard InChI is InChI=1S/C26H20N2O2S3/c1-30-21-12-11-16(13-18(21)15-32-26-28-19-9-5-6-10-22(19)33-26)14-20-24(29)23(25(31)27-20)17-7-3-2-4-8-17/h2-14,23H,15H2,1H3,(H,27,31)/b20-14-. The van der Waals surface area contributed by atoms with E-state index < -0.39 is 5.92 Å². The van der Waals surface area contributed by atoms with Crippen LogP contribution in [0.15, 0.2) is 82.8 Å². The molecule has 4 aromatic rings. The van der Waals surface area contributed by atoms with Gasteiger partial charge in [0, 0.05) is 11.3 Å². The van der Waals surface area contributed by atoms with Crippen LogP contribution in [0.4, 0.5) is 0 Å². The van der Waals surface area contributed by atoms with Gasteiger partial charge in [-0.05, 0) is 41.5 Å².